The van der Waals surface area contributed by atoms with Gasteiger partial charge in [-0.3, -0.25) is 0 Å². The second kappa shape index (κ2) is 7.90. The standard InChI is InChI=1S/C20H20N2O5/c1-12-5-6-13(2)16(9-12)20(23)26-11-18-21-19(22-27-18)15-8-7-14(24-3)10-17(15)25-4/h5-10H,11H2,1-4H3. The molecule has 2 aromatic carbocycles. The third-order valence-electron chi connectivity index (χ3n) is 4.06. The zero-order valence-corrected chi connectivity index (χ0v) is 15.6. The minimum atomic E-state index is -0.432. The van der Waals surface area contributed by atoms with Gasteiger partial charge in [-0.25, -0.2) is 4.79 Å². The molecule has 0 fully saturated rings. The van der Waals surface area contributed by atoms with E-state index in [-0.39, 0.29) is 12.5 Å². The molecule has 140 valence electrons. The lowest BCUT2D eigenvalue weighted by molar-refractivity contribution is 0.0429. The molecule has 7 heteroatoms. The highest BCUT2D eigenvalue weighted by atomic mass is 16.6. The molecular weight excluding hydrogens is 348 g/mol. The van der Waals surface area contributed by atoms with Gasteiger partial charge in [-0.1, -0.05) is 22.9 Å². The Balaban J connectivity index is 1.73. The first-order valence-electron chi connectivity index (χ1n) is 8.31. The normalized spacial score (nSPS) is 10.5. The highest BCUT2D eigenvalue weighted by molar-refractivity contribution is 5.91. The average molecular weight is 368 g/mol. The Hall–Kier alpha value is -3.35. The predicted molar refractivity (Wildman–Crippen MR) is 97.9 cm³/mol. The maximum Gasteiger partial charge on any atom is 0.338 e. The number of rotatable bonds is 6. The summed E-state index contributed by atoms with van der Waals surface area (Å²) in [6.07, 6.45) is 0. The van der Waals surface area contributed by atoms with Crippen molar-refractivity contribution in [1.82, 2.24) is 10.1 Å². The molecule has 1 heterocycles. The summed E-state index contributed by atoms with van der Waals surface area (Å²) in [6, 6.07) is 10.9. The number of hydrogen-bond donors (Lipinski definition) is 0. The summed E-state index contributed by atoms with van der Waals surface area (Å²) < 4.78 is 21.0. The summed E-state index contributed by atoms with van der Waals surface area (Å²) in [4.78, 5) is 16.6. The minimum Gasteiger partial charge on any atom is -0.497 e. The first kappa shape index (κ1) is 18.4. The molecule has 27 heavy (non-hydrogen) atoms. The van der Waals surface area contributed by atoms with Crippen LogP contribution in [0.15, 0.2) is 40.9 Å². The van der Waals surface area contributed by atoms with Crippen LogP contribution in [-0.4, -0.2) is 30.3 Å². The monoisotopic (exact) mass is 368 g/mol. The number of benzene rings is 2. The van der Waals surface area contributed by atoms with Crippen LogP contribution in [-0.2, 0) is 11.3 Å². The second-order valence-electron chi connectivity index (χ2n) is 5.97. The van der Waals surface area contributed by atoms with Crippen LogP contribution in [0, 0.1) is 13.8 Å². The molecule has 0 aliphatic carbocycles. The van der Waals surface area contributed by atoms with Crippen LogP contribution in [0.1, 0.15) is 27.4 Å². The molecule has 0 unspecified atom stereocenters. The van der Waals surface area contributed by atoms with Gasteiger partial charge >= 0.3 is 5.97 Å². The van der Waals surface area contributed by atoms with Crippen LogP contribution < -0.4 is 9.47 Å². The molecule has 0 bridgehead atoms. The Morgan fingerprint density at radius 2 is 1.89 bits per heavy atom. The summed E-state index contributed by atoms with van der Waals surface area (Å²) in [5, 5.41) is 3.93. The molecule has 1 aromatic heterocycles. The molecule has 3 rings (SSSR count). The van der Waals surface area contributed by atoms with Crippen molar-refractivity contribution in [2.24, 2.45) is 0 Å². The molecule has 0 N–H and O–H groups in total. The minimum absolute atomic E-state index is 0.113. The lowest BCUT2D eigenvalue weighted by atomic mass is 10.1. The zero-order chi connectivity index (χ0) is 19.4. The quantitative estimate of drug-likeness (QED) is 0.613. The van der Waals surface area contributed by atoms with Crippen molar-refractivity contribution >= 4 is 5.97 Å². The molecule has 3 aromatic rings. The topological polar surface area (TPSA) is 83.7 Å². The number of hydrogen-bond acceptors (Lipinski definition) is 7. The first-order chi connectivity index (χ1) is 13.0. The number of ether oxygens (including phenoxy) is 3. The Bertz CT molecular complexity index is 965. The van der Waals surface area contributed by atoms with E-state index in [0.29, 0.717) is 28.5 Å². The first-order valence-corrected chi connectivity index (χ1v) is 8.31. The van der Waals surface area contributed by atoms with Gasteiger partial charge in [0.25, 0.3) is 5.89 Å². The highest BCUT2D eigenvalue weighted by Crippen LogP contribution is 2.31. The van der Waals surface area contributed by atoms with Crippen LogP contribution in [0.2, 0.25) is 0 Å². The van der Waals surface area contributed by atoms with E-state index in [1.54, 1.807) is 38.5 Å². The van der Waals surface area contributed by atoms with Gasteiger partial charge in [-0.15, -0.1) is 0 Å². The van der Waals surface area contributed by atoms with Crippen LogP contribution >= 0.6 is 0 Å². The van der Waals surface area contributed by atoms with Crippen LogP contribution in [0.3, 0.4) is 0 Å². The maximum atomic E-state index is 12.3. The third-order valence-corrected chi connectivity index (χ3v) is 4.06. The fourth-order valence-electron chi connectivity index (χ4n) is 2.57. The number of aromatic nitrogens is 2. The zero-order valence-electron chi connectivity index (χ0n) is 15.6. The molecule has 0 atom stereocenters. The van der Waals surface area contributed by atoms with Gasteiger partial charge in [0.1, 0.15) is 11.5 Å². The molecular formula is C20H20N2O5. The van der Waals surface area contributed by atoms with Gasteiger partial charge in [-0.2, -0.15) is 4.98 Å². The number of carbonyl (C=O) groups is 1. The van der Waals surface area contributed by atoms with E-state index in [0.717, 1.165) is 11.1 Å². The molecule has 7 nitrogen and oxygen atoms in total. The van der Waals surface area contributed by atoms with Gasteiger partial charge in [0.15, 0.2) is 6.61 Å². The van der Waals surface area contributed by atoms with Gasteiger partial charge < -0.3 is 18.7 Å². The van der Waals surface area contributed by atoms with Gasteiger partial charge in [0.2, 0.25) is 5.82 Å². The number of esters is 1. The van der Waals surface area contributed by atoms with Gasteiger partial charge in [0, 0.05) is 6.07 Å². The van der Waals surface area contributed by atoms with Crippen molar-refractivity contribution in [3.8, 4) is 22.9 Å². The van der Waals surface area contributed by atoms with E-state index in [4.69, 9.17) is 18.7 Å². The predicted octanol–water partition coefficient (Wildman–Crippen LogP) is 3.73. The largest absolute Gasteiger partial charge is 0.497 e. The smallest absolute Gasteiger partial charge is 0.338 e. The Morgan fingerprint density at radius 3 is 2.63 bits per heavy atom. The fourth-order valence-corrected chi connectivity index (χ4v) is 2.57. The molecule has 0 radical (unpaired) electrons. The second-order valence-corrected chi connectivity index (χ2v) is 5.97. The number of carbonyl (C=O) groups excluding carboxylic acids is 1. The maximum absolute atomic E-state index is 12.3. The van der Waals surface area contributed by atoms with Crippen LogP contribution in [0.5, 0.6) is 11.5 Å². The van der Waals surface area contributed by atoms with Crippen molar-refractivity contribution in [2.75, 3.05) is 14.2 Å². The average Bonchev–Trinajstić information content (AvgIpc) is 3.16. The SMILES string of the molecule is COc1ccc(-c2noc(COC(=O)c3cc(C)ccc3C)n2)c(OC)c1. The van der Waals surface area contributed by atoms with E-state index in [9.17, 15) is 4.79 Å². The van der Waals surface area contributed by atoms with E-state index < -0.39 is 5.97 Å². The summed E-state index contributed by atoms with van der Waals surface area (Å²) in [6.45, 7) is 3.66. The number of methoxy groups -OCH3 is 2. The molecule has 0 amide bonds. The molecule has 0 saturated carbocycles. The van der Waals surface area contributed by atoms with E-state index in [2.05, 4.69) is 10.1 Å². The molecule has 0 aliphatic heterocycles. The third kappa shape index (κ3) is 4.08. The Kier molecular flexibility index (Phi) is 5.40. The lowest BCUT2D eigenvalue weighted by Gasteiger charge is -2.07. The van der Waals surface area contributed by atoms with Crippen molar-refractivity contribution in [3.63, 3.8) is 0 Å². The van der Waals surface area contributed by atoms with Crippen LogP contribution in [0.4, 0.5) is 0 Å². The van der Waals surface area contributed by atoms with Gasteiger partial charge in [-0.05, 0) is 37.6 Å². The Morgan fingerprint density at radius 1 is 1.07 bits per heavy atom. The Labute approximate surface area is 156 Å². The van der Waals surface area contributed by atoms with E-state index in [1.807, 2.05) is 26.0 Å². The van der Waals surface area contributed by atoms with Crippen LogP contribution in [0.25, 0.3) is 11.4 Å². The molecule has 0 spiro atoms. The fraction of sp³-hybridized carbons (Fsp3) is 0.250. The number of aryl methyl sites for hydroxylation is 2. The summed E-state index contributed by atoms with van der Waals surface area (Å²) in [5.41, 5.74) is 3.00. The van der Waals surface area contributed by atoms with E-state index in [1.165, 1.54) is 0 Å². The van der Waals surface area contributed by atoms with Crippen molar-refractivity contribution < 1.29 is 23.5 Å². The van der Waals surface area contributed by atoms with Gasteiger partial charge in [0.05, 0.1) is 25.3 Å². The molecule has 0 aliphatic rings. The lowest BCUT2D eigenvalue weighted by Crippen LogP contribution is -2.07. The van der Waals surface area contributed by atoms with Crippen molar-refractivity contribution in [3.05, 3.63) is 59.0 Å². The number of nitrogens with zero attached hydrogens (tertiary/aromatic N) is 2. The van der Waals surface area contributed by atoms with Crippen molar-refractivity contribution in [1.29, 1.82) is 0 Å². The van der Waals surface area contributed by atoms with E-state index >= 15 is 0 Å². The highest BCUT2D eigenvalue weighted by Gasteiger charge is 2.17. The van der Waals surface area contributed by atoms with Crippen molar-refractivity contribution in [2.45, 2.75) is 20.5 Å². The summed E-state index contributed by atoms with van der Waals surface area (Å²) in [7, 11) is 3.12. The summed E-state index contributed by atoms with van der Waals surface area (Å²) in [5.74, 6) is 1.31. The summed E-state index contributed by atoms with van der Waals surface area (Å²) >= 11 is 0. The molecule has 0 saturated heterocycles.